The van der Waals surface area contributed by atoms with Crippen molar-refractivity contribution in [1.82, 2.24) is 4.57 Å². The third kappa shape index (κ3) is 4.71. The van der Waals surface area contributed by atoms with Crippen LogP contribution in [0.1, 0.15) is 25.8 Å². The molecule has 2 aromatic rings. The number of pyridine rings is 1. The molecule has 0 aliphatic heterocycles. The lowest BCUT2D eigenvalue weighted by molar-refractivity contribution is -0.116. The highest BCUT2D eigenvalue weighted by molar-refractivity contribution is 5.92. The van der Waals surface area contributed by atoms with Crippen molar-refractivity contribution in [2.75, 3.05) is 5.32 Å². The lowest BCUT2D eigenvalue weighted by atomic mass is 10.2. The Labute approximate surface area is 140 Å². The maximum absolute atomic E-state index is 12.2. The fourth-order valence-electron chi connectivity index (χ4n) is 2.13. The number of nitrogens with one attached hydrogen (secondary N) is 1. The summed E-state index contributed by atoms with van der Waals surface area (Å²) in [4.78, 5) is 23.8. The minimum Gasteiger partial charge on any atom is -0.489 e. The second kappa shape index (κ2) is 7.97. The van der Waals surface area contributed by atoms with Crippen LogP contribution in [-0.4, -0.2) is 16.6 Å². The largest absolute Gasteiger partial charge is 0.489 e. The Morgan fingerprint density at radius 2 is 2.12 bits per heavy atom. The molecule has 0 bridgehead atoms. The molecule has 0 saturated carbocycles. The van der Waals surface area contributed by atoms with Crippen molar-refractivity contribution in [2.24, 2.45) is 0 Å². The van der Waals surface area contributed by atoms with Crippen molar-refractivity contribution < 1.29 is 9.53 Å². The molecule has 0 aliphatic carbocycles. The maximum Gasteiger partial charge on any atom is 0.250 e. The number of aryl methyl sites for hydroxylation is 1. The normalized spacial score (nSPS) is 10.2. The first-order chi connectivity index (χ1) is 11.5. The fourth-order valence-corrected chi connectivity index (χ4v) is 2.13. The van der Waals surface area contributed by atoms with Gasteiger partial charge in [-0.05, 0) is 38.1 Å². The molecule has 0 radical (unpaired) electrons. The molecule has 1 N–H and O–H groups in total. The quantitative estimate of drug-likeness (QED) is 0.884. The first-order valence-corrected chi connectivity index (χ1v) is 7.65. The molecule has 0 aliphatic rings. The number of hydrogen-bond acceptors (Lipinski definition) is 4. The number of rotatable bonds is 6. The van der Waals surface area contributed by atoms with Gasteiger partial charge in [0.1, 0.15) is 5.75 Å². The summed E-state index contributed by atoms with van der Waals surface area (Å²) in [5.41, 5.74) is 0.731. The van der Waals surface area contributed by atoms with Gasteiger partial charge in [-0.1, -0.05) is 6.07 Å². The van der Waals surface area contributed by atoms with E-state index in [-0.39, 0.29) is 30.5 Å². The van der Waals surface area contributed by atoms with E-state index in [9.17, 15) is 9.59 Å². The van der Waals surface area contributed by atoms with Gasteiger partial charge in [-0.3, -0.25) is 9.59 Å². The predicted molar refractivity (Wildman–Crippen MR) is 90.9 cm³/mol. The molecule has 1 aromatic heterocycles. The number of amides is 1. The van der Waals surface area contributed by atoms with Gasteiger partial charge in [0.05, 0.1) is 23.4 Å². The fraction of sp³-hybridized carbons (Fsp3) is 0.278. The van der Waals surface area contributed by atoms with E-state index in [4.69, 9.17) is 10.00 Å². The molecule has 24 heavy (non-hydrogen) atoms. The van der Waals surface area contributed by atoms with E-state index in [1.54, 1.807) is 36.5 Å². The highest BCUT2D eigenvalue weighted by Gasteiger charge is 2.11. The van der Waals surface area contributed by atoms with Crippen LogP contribution in [0, 0.1) is 11.3 Å². The van der Waals surface area contributed by atoms with E-state index in [1.165, 1.54) is 10.6 Å². The minimum absolute atomic E-state index is 0.0588. The Morgan fingerprint density at radius 1 is 1.33 bits per heavy atom. The van der Waals surface area contributed by atoms with E-state index in [0.717, 1.165) is 0 Å². The third-order valence-corrected chi connectivity index (χ3v) is 3.22. The Hall–Kier alpha value is -3.07. The SMILES string of the molecule is CC(C)Oc1ccc(C#N)cc1NC(=O)CCn1ccccc1=O. The van der Waals surface area contributed by atoms with Crippen molar-refractivity contribution in [3.8, 4) is 11.8 Å². The highest BCUT2D eigenvalue weighted by Crippen LogP contribution is 2.26. The second-order valence-corrected chi connectivity index (χ2v) is 5.52. The van der Waals surface area contributed by atoms with Gasteiger partial charge >= 0.3 is 0 Å². The predicted octanol–water partition coefficient (Wildman–Crippen LogP) is 2.54. The van der Waals surface area contributed by atoms with Crippen LogP contribution in [0.5, 0.6) is 5.75 Å². The van der Waals surface area contributed by atoms with Crippen LogP contribution < -0.4 is 15.6 Å². The van der Waals surface area contributed by atoms with Gasteiger partial charge in [0.15, 0.2) is 0 Å². The van der Waals surface area contributed by atoms with Crippen LogP contribution in [0.3, 0.4) is 0 Å². The van der Waals surface area contributed by atoms with E-state index in [2.05, 4.69) is 5.32 Å². The molecule has 1 amide bonds. The average molecular weight is 325 g/mol. The molecule has 2 rings (SSSR count). The summed E-state index contributed by atoms with van der Waals surface area (Å²) < 4.78 is 7.12. The highest BCUT2D eigenvalue weighted by atomic mass is 16.5. The molecular weight excluding hydrogens is 306 g/mol. The van der Waals surface area contributed by atoms with Crippen LogP contribution in [0.15, 0.2) is 47.4 Å². The van der Waals surface area contributed by atoms with Gasteiger partial charge in [-0.15, -0.1) is 0 Å². The zero-order valence-corrected chi connectivity index (χ0v) is 13.7. The number of carbonyl (C=O) groups excluding carboxylic acids is 1. The van der Waals surface area contributed by atoms with Gasteiger partial charge < -0.3 is 14.6 Å². The Kier molecular flexibility index (Phi) is 5.74. The number of carbonyl (C=O) groups is 1. The van der Waals surface area contributed by atoms with E-state index < -0.39 is 0 Å². The molecular formula is C18H19N3O3. The third-order valence-electron chi connectivity index (χ3n) is 3.22. The zero-order chi connectivity index (χ0) is 17.5. The van der Waals surface area contributed by atoms with Gasteiger partial charge in [0, 0.05) is 25.2 Å². The Bertz CT molecular complexity index is 819. The molecule has 0 unspecified atom stereocenters. The number of aromatic nitrogens is 1. The molecule has 0 fully saturated rings. The summed E-state index contributed by atoms with van der Waals surface area (Å²) in [5, 5.41) is 11.8. The summed E-state index contributed by atoms with van der Waals surface area (Å²) in [6.07, 6.45) is 1.72. The smallest absolute Gasteiger partial charge is 0.250 e. The minimum atomic E-state index is -0.255. The van der Waals surface area contributed by atoms with Crippen molar-refractivity contribution in [3.05, 3.63) is 58.5 Å². The number of nitriles is 1. The Morgan fingerprint density at radius 3 is 2.79 bits per heavy atom. The topological polar surface area (TPSA) is 84.1 Å². The van der Waals surface area contributed by atoms with Gasteiger partial charge in [0.2, 0.25) is 5.91 Å². The zero-order valence-electron chi connectivity index (χ0n) is 13.7. The summed E-state index contributed by atoms with van der Waals surface area (Å²) in [7, 11) is 0. The monoisotopic (exact) mass is 325 g/mol. The summed E-state index contributed by atoms with van der Waals surface area (Å²) in [6, 6.07) is 11.7. The molecule has 0 saturated heterocycles. The second-order valence-electron chi connectivity index (χ2n) is 5.52. The molecule has 1 heterocycles. The van der Waals surface area contributed by atoms with E-state index >= 15 is 0 Å². The summed E-state index contributed by atoms with van der Waals surface area (Å²) >= 11 is 0. The number of nitrogens with zero attached hydrogens (tertiary/aromatic N) is 2. The first-order valence-electron chi connectivity index (χ1n) is 7.65. The molecule has 0 spiro atoms. The van der Waals surface area contributed by atoms with Crippen LogP contribution in [0.2, 0.25) is 0 Å². The number of ether oxygens (including phenoxy) is 1. The van der Waals surface area contributed by atoms with Crippen molar-refractivity contribution >= 4 is 11.6 Å². The number of benzene rings is 1. The average Bonchev–Trinajstić information content (AvgIpc) is 2.55. The summed E-state index contributed by atoms with van der Waals surface area (Å²) in [6.45, 7) is 4.04. The van der Waals surface area contributed by atoms with Crippen LogP contribution in [0.25, 0.3) is 0 Å². The van der Waals surface area contributed by atoms with Crippen molar-refractivity contribution in [1.29, 1.82) is 5.26 Å². The van der Waals surface area contributed by atoms with Crippen molar-refractivity contribution in [3.63, 3.8) is 0 Å². The molecule has 6 heteroatoms. The molecule has 0 atom stereocenters. The van der Waals surface area contributed by atoms with Crippen LogP contribution in [-0.2, 0) is 11.3 Å². The number of anilines is 1. The van der Waals surface area contributed by atoms with Crippen LogP contribution >= 0.6 is 0 Å². The Balaban J connectivity index is 2.09. The van der Waals surface area contributed by atoms with E-state index in [1.807, 2.05) is 19.9 Å². The first kappa shape index (κ1) is 17.3. The maximum atomic E-state index is 12.2. The van der Waals surface area contributed by atoms with Crippen molar-refractivity contribution in [2.45, 2.75) is 32.9 Å². The van der Waals surface area contributed by atoms with Gasteiger partial charge in [-0.2, -0.15) is 5.26 Å². The molecule has 6 nitrogen and oxygen atoms in total. The lowest BCUT2D eigenvalue weighted by Gasteiger charge is -2.15. The lowest BCUT2D eigenvalue weighted by Crippen LogP contribution is -2.22. The van der Waals surface area contributed by atoms with E-state index in [0.29, 0.717) is 17.0 Å². The molecule has 124 valence electrons. The van der Waals surface area contributed by atoms with Gasteiger partial charge in [-0.25, -0.2) is 0 Å². The van der Waals surface area contributed by atoms with Gasteiger partial charge in [0.25, 0.3) is 5.56 Å². The summed E-state index contributed by atoms with van der Waals surface area (Å²) in [5.74, 6) is 0.253. The molecule has 1 aromatic carbocycles. The standard InChI is InChI=1S/C18H19N3O3/c1-13(2)24-16-7-6-14(12-19)11-15(16)20-17(22)8-10-21-9-4-3-5-18(21)23/h3-7,9,11,13H,8,10H2,1-2H3,(H,20,22). The number of hydrogen-bond donors (Lipinski definition) is 1. The van der Waals surface area contributed by atoms with Crippen LogP contribution in [0.4, 0.5) is 5.69 Å².